The molecule has 0 aliphatic heterocycles. The second kappa shape index (κ2) is 11.2. The van der Waals surface area contributed by atoms with Crippen LogP contribution in [0.3, 0.4) is 0 Å². The summed E-state index contributed by atoms with van der Waals surface area (Å²) >= 11 is 8.49. The molecule has 0 atom stereocenters. The van der Waals surface area contributed by atoms with Gasteiger partial charge in [-0.2, -0.15) is 31.1 Å². The van der Waals surface area contributed by atoms with Crippen LogP contribution in [0.15, 0.2) is 59.3 Å². The van der Waals surface area contributed by atoms with Crippen LogP contribution in [0.1, 0.15) is 33.2 Å². The summed E-state index contributed by atoms with van der Waals surface area (Å²) in [4.78, 5) is 26.7. The minimum absolute atomic E-state index is 0.0284. The van der Waals surface area contributed by atoms with Crippen LogP contribution >= 0.6 is 27.5 Å². The van der Waals surface area contributed by atoms with Crippen LogP contribution in [0.25, 0.3) is 0 Å². The Bertz CT molecular complexity index is 1410. The van der Waals surface area contributed by atoms with Crippen molar-refractivity contribution in [3.63, 3.8) is 0 Å². The van der Waals surface area contributed by atoms with Crippen LogP contribution in [0, 0.1) is 11.0 Å². The van der Waals surface area contributed by atoms with E-state index in [4.69, 9.17) is 11.6 Å². The Morgan fingerprint density at radius 1 is 1.02 bits per heavy atom. The first kappa shape index (κ1) is 31.1. The molecule has 40 heavy (non-hydrogen) atoms. The average molecular weight is 661 g/mol. The zero-order valence-corrected chi connectivity index (χ0v) is 22.1. The number of aromatic nitrogens is 1. The average Bonchev–Trinajstić information content (AvgIpc) is 2.85. The Morgan fingerprint density at radius 2 is 1.60 bits per heavy atom. The van der Waals surface area contributed by atoms with Crippen LogP contribution in [0.4, 0.5) is 46.5 Å². The number of carbonyl (C=O) groups is 2. The van der Waals surface area contributed by atoms with Gasteiger partial charge in [0.15, 0.2) is 18.2 Å². The Hall–Kier alpha value is -3.46. The minimum Gasteiger partial charge on any atom is -0.619 e. The van der Waals surface area contributed by atoms with Crippen molar-refractivity contribution in [3.8, 4) is 0 Å². The van der Waals surface area contributed by atoms with Crippen LogP contribution in [-0.2, 0) is 5.67 Å². The van der Waals surface area contributed by atoms with Gasteiger partial charge in [-0.15, -0.1) is 0 Å². The first-order valence-electron chi connectivity index (χ1n) is 10.9. The predicted molar refractivity (Wildman–Crippen MR) is 131 cm³/mol. The zero-order valence-electron chi connectivity index (χ0n) is 19.8. The van der Waals surface area contributed by atoms with E-state index in [2.05, 4.69) is 21.2 Å². The highest BCUT2D eigenvalue weighted by Gasteiger charge is 2.73. The molecule has 3 rings (SSSR count). The molecule has 0 aliphatic carbocycles. The van der Waals surface area contributed by atoms with Crippen molar-refractivity contribution in [1.29, 1.82) is 0 Å². The summed E-state index contributed by atoms with van der Waals surface area (Å²) in [7, 11) is 0. The topological polar surface area (TPSA) is 76.3 Å². The molecule has 0 spiro atoms. The van der Waals surface area contributed by atoms with Crippen molar-refractivity contribution in [2.75, 3.05) is 16.8 Å². The van der Waals surface area contributed by atoms with Gasteiger partial charge < -0.3 is 15.4 Å². The molecule has 214 valence electrons. The molecule has 0 bridgehead atoms. The van der Waals surface area contributed by atoms with Gasteiger partial charge in [-0.1, -0.05) is 17.7 Å². The maximum Gasteiger partial charge on any atom is 0.435 e. The molecule has 0 aliphatic rings. The third-order valence-electron chi connectivity index (χ3n) is 5.58. The van der Waals surface area contributed by atoms with Gasteiger partial charge in [0.25, 0.3) is 11.8 Å². The van der Waals surface area contributed by atoms with Gasteiger partial charge in [0.1, 0.15) is 0 Å². The van der Waals surface area contributed by atoms with E-state index in [-0.39, 0.29) is 29.9 Å². The number of halogens is 10. The van der Waals surface area contributed by atoms with Crippen LogP contribution in [-0.4, -0.2) is 30.7 Å². The van der Waals surface area contributed by atoms with Crippen molar-refractivity contribution in [2.45, 2.75) is 24.9 Å². The van der Waals surface area contributed by atoms with E-state index >= 15 is 4.39 Å². The summed E-state index contributed by atoms with van der Waals surface area (Å²) in [6.45, 7) is 1.43. The first-order valence-corrected chi connectivity index (χ1v) is 12.0. The van der Waals surface area contributed by atoms with Crippen LogP contribution < -0.4 is 14.9 Å². The predicted octanol–water partition coefficient (Wildman–Crippen LogP) is 7.08. The number of alkyl halides is 7. The van der Waals surface area contributed by atoms with Gasteiger partial charge in [0, 0.05) is 28.7 Å². The monoisotopic (exact) mass is 659 g/mol. The highest BCUT2D eigenvalue weighted by Crippen LogP contribution is 2.54. The normalized spacial score (nSPS) is 12.3. The number of nitrogens with one attached hydrogen (secondary N) is 1. The summed E-state index contributed by atoms with van der Waals surface area (Å²) in [6, 6.07) is 5.95. The van der Waals surface area contributed by atoms with Crippen molar-refractivity contribution < 1.29 is 49.4 Å². The van der Waals surface area contributed by atoms with E-state index < -0.39 is 62.0 Å². The molecule has 0 saturated heterocycles. The number of anilines is 2. The van der Waals surface area contributed by atoms with Crippen molar-refractivity contribution in [1.82, 2.24) is 0 Å². The number of carbonyl (C=O) groups excluding carboxylic acids is 2. The maximum atomic E-state index is 15.4. The largest absolute Gasteiger partial charge is 0.619 e. The molecule has 2 aromatic carbocycles. The van der Waals surface area contributed by atoms with Gasteiger partial charge in [-0.05, 0) is 47.1 Å². The highest BCUT2D eigenvalue weighted by molar-refractivity contribution is 9.10. The number of hydrogen-bond donors (Lipinski definition) is 1. The van der Waals surface area contributed by atoms with Gasteiger partial charge in [-0.3, -0.25) is 9.59 Å². The molecule has 1 N–H and O–H groups in total. The van der Waals surface area contributed by atoms with E-state index in [1.54, 1.807) is 0 Å². The molecule has 1 heterocycles. The highest BCUT2D eigenvalue weighted by atomic mass is 79.9. The SMILES string of the molecule is CCN(C(=O)c1cc[n+]([O-])cc1)c1cccc(C(=O)Nc2c(Cl)cc(C(F)(C(F)(F)F)C(F)(F)F)cc2Br)c1F. The third kappa shape index (κ3) is 5.70. The smallest absolute Gasteiger partial charge is 0.435 e. The molecule has 0 fully saturated rings. The summed E-state index contributed by atoms with van der Waals surface area (Å²) in [5, 5.41) is 12.4. The lowest BCUT2D eigenvalue weighted by molar-refractivity contribution is -0.605. The molecule has 1 aromatic heterocycles. The van der Waals surface area contributed by atoms with Crippen LogP contribution in [0.2, 0.25) is 5.02 Å². The van der Waals surface area contributed by atoms with Crippen molar-refractivity contribution >= 4 is 50.7 Å². The van der Waals surface area contributed by atoms with E-state index in [1.807, 2.05) is 0 Å². The number of benzene rings is 2. The van der Waals surface area contributed by atoms with Crippen molar-refractivity contribution in [3.05, 3.63) is 92.1 Å². The number of hydrogen-bond acceptors (Lipinski definition) is 3. The second-order valence-electron chi connectivity index (χ2n) is 8.06. The zero-order chi connectivity index (χ0) is 30.2. The fraction of sp³-hybridized carbons (Fsp3) is 0.208. The molecular weight excluding hydrogens is 646 g/mol. The van der Waals surface area contributed by atoms with E-state index in [9.17, 15) is 45.5 Å². The lowest BCUT2D eigenvalue weighted by atomic mass is 9.94. The second-order valence-corrected chi connectivity index (χ2v) is 9.32. The Kier molecular flexibility index (Phi) is 8.70. The lowest BCUT2D eigenvalue weighted by Gasteiger charge is -2.30. The molecule has 0 unspecified atom stereocenters. The molecular formula is C24H15BrClF8N3O3. The van der Waals surface area contributed by atoms with E-state index in [0.717, 1.165) is 23.4 Å². The number of pyridine rings is 1. The molecule has 16 heteroatoms. The number of amides is 2. The molecule has 2 amide bonds. The molecule has 6 nitrogen and oxygen atoms in total. The first-order chi connectivity index (χ1) is 18.4. The van der Waals surface area contributed by atoms with Gasteiger partial charge in [-0.25, -0.2) is 8.78 Å². The minimum atomic E-state index is -6.40. The van der Waals surface area contributed by atoms with Crippen molar-refractivity contribution in [2.24, 2.45) is 0 Å². The quantitative estimate of drug-likeness (QED) is 0.174. The summed E-state index contributed by atoms with van der Waals surface area (Å²) in [5.41, 5.74) is -9.26. The summed E-state index contributed by atoms with van der Waals surface area (Å²) < 4.78 is 108. The standard InChI is InChI=1S/C24H15BrClF8N3O3/c1-2-37(21(39)12-6-8-36(40)9-7-12)17-5-3-4-14(18(17)27)20(38)35-19-15(25)10-13(11-16(19)26)22(28,23(29,30)31)24(32,33)34/h3-11H,2H2,1H3,(H,35,38). The van der Waals surface area contributed by atoms with E-state index in [0.29, 0.717) is 4.73 Å². The number of nitrogens with zero attached hydrogens (tertiary/aromatic N) is 2. The molecule has 0 saturated carbocycles. The van der Waals surface area contributed by atoms with Crippen LogP contribution in [0.5, 0.6) is 0 Å². The van der Waals surface area contributed by atoms with Gasteiger partial charge in [0.2, 0.25) is 0 Å². The Balaban J connectivity index is 1.98. The fourth-order valence-corrected chi connectivity index (χ4v) is 4.54. The Labute approximate surface area is 233 Å². The van der Waals surface area contributed by atoms with Gasteiger partial charge in [0.05, 0.1) is 27.5 Å². The third-order valence-corrected chi connectivity index (χ3v) is 6.51. The molecule has 0 radical (unpaired) electrons. The summed E-state index contributed by atoms with van der Waals surface area (Å²) in [6.07, 6.45) is -10.7. The summed E-state index contributed by atoms with van der Waals surface area (Å²) in [5.74, 6) is -3.17. The van der Waals surface area contributed by atoms with Gasteiger partial charge >= 0.3 is 18.0 Å². The fourth-order valence-electron chi connectivity index (χ4n) is 3.60. The lowest BCUT2D eigenvalue weighted by Crippen LogP contribution is -2.50. The number of rotatable bonds is 6. The Morgan fingerprint density at radius 3 is 2.10 bits per heavy atom. The molecule has 3 aromatic rings. The van der Waals surface area contributed by atoms with E-state index in [1.165, 1.54) is 31.2 Å². The maximum absolute atomic E-state index is 15.4.